The molecule has 1 aromatic heterocycles. The van der Waals surface area contributed by atoms with Gasteiger partial charge in [-0.3, -0.25) is 4.79 Å². The topological polar surface area (TPSA) is 34.9 Å². The summed E-state index contributed by atoms with van der Waals surface area (Å²) < 4.78 is 2.78. The minimum Gasteiger partial charge on any atom is -0.292 e. The molecule has 1 aromatic carbocycles. The number of carbonyl (C=O) groups excluding carboxylic acids is 1. The molecule has 0 amide bonds. The van der Waals surface area contributed by atoms with Gasteiger partial charge in [0.15, 0.2) is 5.78 Å². The number of benzene rings is 1. The van der Waals surface area contributed by atoms with Gasteiger partial charge in [-0.1, -0.05) is 22.0 Å². The molecule has 0 N–H and O–H groups in total. The lowest BCUT2D eigenvalue weighted by atomic mass is 10.3. The van der Waals surface area contributed by atoms with Gasteiger partial charge < -0.3 is 0 Å². The third-order valence-corrected chi connectivity index (χ3v) is 3.24. The summed E-state index contributed by atoms with van der Waals surface area (Å²) in [7, 11) is 0. The third-order valence-electron chi connectivity index (χ3n) is 2.75. The van der Waals surface area contributed by atoms with Gasteiger partial charge in [0.25, 0.3) is 0 Å². The molecule has 80 valence electrons. The smallest absolute Gasteiger partial charge is 0.183 e. The van der Waals surface area contributed by atoms with E-state index in [0.717, 1.165) is 22.1 Å². The average Bonchev–Trinajstić information content (AvgIpc) is 2.81. The second-order valence-electron chi connectivity index (χ2n) is 3.85. The fraction of sp³-hybridized carbons (Fsp3) is 0.167. The highest BCUT2D eigenvalue weighted by molar-refractivity contribution is 9.10. The zero-order valence-corrected chi connectivity index (χ0v) is 10.1. The van der Waals surface area contributed by atoms with E-state index in [1.807, 2.05) is 30.5 Å². The molecule has 0 saturated carbocycles. The van der Waals surface area contributed by atoms with Gasteiger partial charge in [0.05, 0.1) is 5.69 Å². The van der Waals surface area contributed by atoms with Gasteiger partial charge in [0.2, 0.25) is 0 Å². The van der Waals surface area contributed by atoms with E-state index in [0.29, 0.717) is 12.1 Å². The van der Waals surface area contributed by atoms with Crippen LogP contribution >= 0.6 is 15.9 Å². The summed E-state index contributed by atoms with van der Waals surface area (Å²) in [5.41, 5.74) is 2.67. The molecular formula is C12H9BrN2O. The van der Waals surface area contributed by atoms with Gasteiger partial charge >= 0.3 is 0 Å². The van der Waals surface area contributed by atoms with Crippen molar-refractivity contribution in [2.75, 3.05) is 0 Å². The van der Waals surface area contributed by atoms with E-state index in [1.54, 1.807) is 4.68 Å². The molecule has 0 atom stereocenters. The van der Waals surface area contributed by atoms with E-state index in [4.69, 9.17) is 0 Å². The molecule has 1 aliphatic carbocycles. The Kier molecular flexibility index (Phi) is 2.17. The van der Waals surface area contributed by atoms with Crippen molar-refractivity contribution < 1.29 is 4.79 Å². The zero-order chi connectivity index (χ0) is 11.1. The Hall–Kier alpha value is -1.42. The fourth-order valence-corrected chi connectivity index (χ4v) is 2.33. The molecule has 1 aliphatic rings. The van der Waals surface area contributed by atoms with Crippen LogP contribution in [0.15, 0.2) is 34.9 Å². The van der Waals surface area contributed by atoms with E-state index in [2.05, 4.69) is 21.0 Å². The van der Waals surface area contributed by atoms with Crippen molar-refractivity contribution in [2.45, 2.75) is 12.8 Å². The highest BCUT2D eigenvalue weighted by atomic mass is 79.9. The highest BCUT2D eigenvalue weighted by Gasteiger charge is 2.23. The first-order valence-electron chi connectivity index (χ1n) is 5.12. The molecule has 0 aliphatic heterocycles. The van der Waals surface area contributed by atoms with Gasteiger partial charge in [-0.15, -0.1) is 0 Å². The van der Waals surface area contributed by atoms with Crippen LogP contribution in [0.1, 0.15) is 22.5 Å². The lowest BCUT2D eigenvalue weighted by Crippen LogP contribution is -1.99. The first-order valence-corrected chi connectivity index (χ1v) is 5.91. The van der Waals surface area contributed by atoms with Crippen LogP contribution in [0, 0.1) is 0 Å². The van der Waals surface area contributed by atoms with E-state index >= 15 is 0 Å². The Balaban J connectivity index is 2.08. The van der Waals surface area contributed by atoms with Crippen molar-refractivity contribution >= 4 is 21.7 Å². The molecule has 0 unspecified atom stereocenters. The average molecular weight is 277 g/mol. The van der Waals surface area contributed by atoms with Crippen LogP contribution in [0.2, 0.25) is 0 Å². The van der Waals surface area contributed by atoms with Gasteiger partial charge in [0, 0.05) is 22.7 Å². The third kappa shape index (κ3) is 1.50. The SMILES string of the molecule is O=C1CCc2cn(-c3cccc(Br)c3)nc21. The number of aromatic nitrogens is 2. The highest BCUT2D eigenvalue weighted by Crippen LogP contribution is 2.22. The summed E-state index contributed by atoms with van der Waals surface area (Å²) in [5, 5.41) is 4.33. The van der Waals surface area contributed by atoms with Crippen LogP contribution < -0.4 is 0 Å². The lowest BCUT2D eigenvalue weighted by Gasteiger charge is -2.01. The number of hydrogen-bond donors (Lipinski definition) is 0. The number of ketones is 1. The Labute approximate surface area is 101 Å². The molecule has 4 heteroatoms. The summed E-state index contributed by atoms with van der Waals surface area (Å²) in [6, 6.07) is 7.86. The van der Waals surface area contributed by atoms with E-state index in [-0.39, 0.29) is 5.78 Å². The van der Waals surface area contributed by atoms with Crippen LogP contribution in [0.5, 0.6) is 0 Å². The summed E-state index contributed by atoms with van der Waals surface area (Å²) >= 11 is 3.42. The standard InChI is InChI=1S/C12H9BrN2O/c13-9-2-1-3-10(6-9)15-7-8-4-5-11(16)12(8)14-15/h1-3,6-7H,4-5H2. The largest absolute Gasteiger partial charge is 0.292 e. The van der Waals surface area contributed by atoms with Gasteiger partial charge in [-0.05, 0) is 24.6 Å². The Bertz CT molecular complexity index is 574. The molecule has 3 rings (SSSR count). The number of aryl methyl sites for hydroxylation is 1. The maximum atomic E-state index is 11.5. The van der Waals surface area contributed by atoms with Crippen LogP contribution in [0.3, 0.4) is 0 Å². The predicted octanol–water partition coefficient (Wildman–Crippen LogP) is 2.76. The maximum Gasteiger partial charge on any atom is 0.183 e. The van der Waals surface area contributed by atoms with Crippen molar-refractivity contribution in [1.29, 1.82) is 0 Å². The van der Waals surface area contributed by atoms with Gasteiger partial charge in [0.1, 0.15) is 5.69 Å². The number of fused-ring (bicyclic) bond motifs is 1. The summed E-state index contributed by atoms with van der Waals surface area (Å²) in [6.07, 6.45) is 3.38. The summed E-state index contributed by atoms with van der Waals surface area (Å²) in [5.74, 6) is 0.156. The Morgan fingerprint density at radius 3 is 2.94 bits per heavy atom. The second kappa shape index (κ2) is 3.56. The van der Waals surface area contributed by atoms with E-state index < -0.39 is 0 Å². The number of halogens is 1. The molecular weight excluding hydrogens is 268 g/mol. The molecule has 16 heavy (non-hydrogen) atoms. The number of rotatable bonds is 1. The van der Waals surface area contributed by atoms with E-state index in [1.165, 1.54) is 0 Å². The minimum absolute atomic E-state index is 0.156. The first kappa shape index (κ1) is 9.78. The molecule has 0 radical (unpaired) electrons. The van der Waals surface area contributed by atoms with Gasteiger partial charge in [-0.2, -0.15) is 5.10 Å². The quantitative estimate of drug-likeness (QED) is 0.803. The predicted molar refractivity (Wildman–Crippen MR) is 63.9 cm³/mol. The van der Waals surface area contributed by atoms with Crippen LogP contribution in [0.25, 0.3) is 5.69 Å². The van der Waals surface area contributed by atoms with Crippen molar-refractivity contribution in [1.82, 2.24) is 9.78 Å². The molecule has 0 saturated heterocycles. The van der Waals surface area contributed by atoms with Crippen molar-refractivity contribution in [3.63, 3.8) is 0 Å². The Morgan fingerprint density at radius 2 is 2.19 bits per heavy atom. The number of carbonyl (C=O) groups is 1. The number of nitrogens with zero attached hydrogens (tertiary/aromatic N) is 2. The number of Topliss-reactive ketones (excluding diaryl/α,β-unsaturated/α-hetero) is 1. The number of hydrogen-bond acceptors (Lipinski definition) is 2. The monoisotopic (exact) mass is 276 g/mol. The van der Waals surface area contributed by atoms with Gasteiger partial charge in [-0.25, -0.2) is 4.68 Å². The van der Waals surface area contributed by atoms with Crippen LogP contribution in [0.4, 0.5) is 0 Å². The molecule has 0 bridgehead atoms. The molecule has 2 aromatic rings. The second-order valence-corrected chi connectivity index (χ2v) is 4.77. The zero-order valence-electron chi connectivity index (χ0n) is 8.48. The summed E-state index contributed by atoms with van der Waals surface area (Å²) in [4.78, 5) is 11.5. The van der Waals surface area contributed by atoms with Crippen molar-refractivity contribution in [2.24, 2.45) is 0 Å². The minimum atomic E-state index is 0.156. The van der Waals surface area contributed by atoms with Crippen LogP contribution in [-0.2, 0) is 6.42 Å². The fourth-order valence-electron chi connectivity index (χ4n) is 1.94. The van der Waals surface area contributed by atoms with Crippen molar-refractivity contribution in [3.05, 3.63) is 46.2 Å². The molecule has 0 fully saturated rings. The normalized spacial score (nSPS) is 14.2. The van der Waals surface area contributed by atoms with Crippen molar-refractivity contribution in [3.8, 4) is 5.69 Å². The maximum absolute atomic E-state index is 11.5. The van der Waals surface area contributed by atoms with Crippen LogP contribution in [-0.4, -0.2) is 15.6 Å². The molecule has 1 heterocycles. The summed E-state index contributed by atoms with van der Waals surface area (Å²) in [6.45, 7) is 0. The van der Waals surface area contributed by atoms with E-state index in [9.17, 15) is 4.79 Å². The Morgan fingerprint density at radius 1 is 1.31 bits per heavy atom. The first-order chi connectivity index (χ1) is 7.74. The molecule has 3 nitrogen and oxygen atoms in total. The molecule has 0 spiro atoms. The lowest BCUT2D eigenvalue weighted by molar-refractivity contribution is 0.0989.